The van der Waals surface area contributed by atoms with Gasteiger partial charge in [-0.05, 0) is 31.5 Å². The van der Waals surface area contributed by atoms with Gasteiger partial charge >= 0.3 is 0 Å². The number of nitrogens with one attached hydrogen (secondary N) is 1. The van der Waals surface area contributed by atoms with E-state index in [-0.39, 0.29) is 0 Å². The Kier molecular flexibility index (Phi) is 6.12. The highest BCUT2D eigenvalue weighted by atomic mass is 35.5. The van der Waals surface area contributed by atoms with Crippen molar-refractivity contribution in [3.63, 3.8) is 0 Å². The van der Waals surface area contributed by atoms with Gasteiger partial charge in [0.15, 0.2) is 0 Å². The van der Waals surface area contributed by atoms with Crippen molar-refractivity contribution in [2.24, 2.45) is 5.73 Å². The van der Waals surface area contributed by atoms with Gasteiger partial charge in [-0.3, -0.25) is 0 Å². The normalized spacial score (nSPS) is 10.3. The van der Waals surface area contributed by atoms with Gasteiger partial charge in [-0.1, -0.05) is 24.4 Å². The summed E-state index contributed by atoms with van der Waals surface area (Å²) < 4.78 is 0. The zero-order valence-electron chi connectivity index (χ0n) is 8.88. The first-order valence-corrected chi connectivity index (χ1v) is 5.76. The summed E-state index contributed by atoms with van der Waals surface area (Å²) in [7, 11) is 0. The maximum atomic E-state index is 5.73. The molecule has 0 aliphatic carbocycles. The van der Waals surface area contributed by atoms with Crippen LogP contribution in [0.25, 0.3) is 0 Å². The van der Waals surface area contributed by atoms with Gasteiger partial charge < -0.3 is 11.1 Å². The minimum Gasteiger partial charge on any atom is -0.370 e. The summed E-state index contributed by atoms with van der Waals surface area (Å²) in [4.78, 5) is 4.15. The Balaban J connectivity index is 2.07. The van der Waals surface area contributed by atoms with Crippen LogP contribution in [0.2, 0.25) is 5.02 Å². The molecular weight excluding hydrogens is 210 g/mol. The summed E-state index contributed by atoms with van der Waals surface area (Å²) in [5, 5.41) is 3.92. The summed E-state index contributed by atoms with van der Waals surface area (Å²) in [5.74, 6) is 0.887. The monoisotopic (exact) mass is 227 g/mol. The Labute approximate surface area is 96.0 Å². The molecule has 3 N–H and O–H groups in total. The summed E-state index contributed by atoms with van der Waals surface area (Å²) in [6, 6.07) is 3.73. The zero-order chi connectivity index (χ0) is 10.9. The van der Waals surface area contributed by atoms with Gasteiger partial charge in [-0.25, -0.2) is 4.98 Å². The molecule has 0 spiro atoms. The molecule has 0 saturated carbocycles. The van der Waals surface area contributed by atoms with E-state index in [4.69, 9.17) is 17.3 Å². The van der Waals surface area contributed by atoms with Crippen molar-refractivity contribution in [2.75, 3.05) is 18.4 Å². The third-order valence-corrected chi connectivity index (χ3v) is 2.39. The second kappa shape index (κ2) is 7.49. The SMILES string of the molecule is NCCCCCCNc1ccc(Cl)cn1. The molecule has 0 fully saturated rings. The van der Waals surface area contributed by atoms with Crippen LogP contribution in [-0.2, 0) is 0 Å². The molecule has 0 aliphatic rings. The Hall–Kier alpha value is -0.800. The third kappa shape index (κ3) is 5.60. The molecule has 0 aromatic carbocycles. The lowest BCUT2D eigenvalue weighted by molar-refractivity contribution is 0.661. The van der Waals surface area contributed by atoms with E-state index in [1.165, 1.54) is 12.8 Å². The van der Waals surface area contributed by atoms with Crippen molar-refractivity contribution in [3.8, 4) is 0 Å². The number of rotatable bonds is 7. The molecule has 0 atom stereocenters. The first-order chi connectivity index (χ1) is 7.33. The largest absolute Gasteiger partial charge is 0.370 e. The Bertz CT molecular complexity index is 261. The summed E-state index contributed by atoms with van der Waals surface area (Å²) in [6.45, 7) is 1.76. The van der Waals surface area contributed by atoms with Crippen LogP contribution in [-0.4, -0.2) is 18.1 Å². The highest BCUT2D eigenvalue weighted by molar-refractivity contribution is 6.30. The lowest BCUT2D eigenvalue weighted by atomic mass is 10.2. The molecule has 0 radical (unpaired) electrons. The molecule has 0 saturated heterocycles. The van der Waals surface area contributed by atoms with Crippen molar-refractivity contribution >= 4 is 17.4 Å². The minimum atomic E-state index is 0.670. The van der Waals surface area contributed by atoms with Crippen molar-refractivity contribution in [3.05, 3.63) is 23.4 Å². The maximum absolute atomic E-state index is 5.73. The van der Waals surface area contributed by atoms with Crippen molar-refractivity contribution < 1.29 is 0 Å². The molecule has 4 heteroatoms. The molecular formula is C11H18ClN3. The lowest BCUT2D eigenvalue weighted by Gasteiger charge is -2.04. The van der Waals surface area contributed by atoms with E-state index in [9.17, 15) is 0 Å². The van der Waals surface area contributed by atoms with Crippen molar-refractivity contribution in [1.29, 1.82) is 0 Å². The number of hydrogen-bond donors (Lipinski definition) is 2. The second-order valence-corrected chi connectivity index (χ2v) is 3.93. The fourth-order valence-corrected chi connectivity index (χ4v) is 1.43. The summed E-state index contributed by atoms with van der Waals surface area (Å²) >= 11 is 5.73. The van der Waals surface area contributed by atoms with Crippen molar-refractivity contribution in [1.82, 2.24) is 4.98 Å². The molecule has 84 valence electrons. The number of nitrogens with zero attached hydrogens (tertiary/aromatic N) is 1. The van der Waals surface area contributed by atoms with E-state index in [2.05, 4.69) is 10.3 Å². The van der Waals surface area contributed by atoms with Gasteiger partial charge in [-0.15, -0.1) is 0 Å². The van der Waals surface area contributed by atoms with Crippen LogP contribution in [0.15, 0.2) is 18.3 Å². The van der Waals surface area contributed by atoms with Gasteiger partial charge in [0.2, 0.25) is 0 Å². The molecule has 0 amide bonds. The number of pyridine rings is 1. The quantitative estimate of drug-likeness (QED) is 0.705. The fraction of sp³-hybridized carbons (Fsp3) is 0.545. The molecule has 1 aromatic heterocycles. The zero-order valence-corrected chi connectivity index (χ0v) is 9.63. The van der Waals surface area contributed by atoms with Gasteiger partial charge in [0.05, 0.1) is 5.02 Å². The van der Waals surface area contributed by atoms with Gasteiger partial charge in [-0.2, -0.15) is 0 Å². The Morgan fingerprint density at radius 3 is 2.67 bits per heavy atom. The predicted molar refractivity (Wildman–Crippen MR) is 65.3 cm³/mol. The van der Waals surface area contributed by atoms with E-state index in [0.717, 1.165) is 31.7 Å². The first-order valence-electron chi connectivity index (χ1n) is 5.38. The molecule has 1 aromatic rings. The lowest BCUT2D eigenvalue weighted by Crippen LogP contribution is -2.03. The van der Waals surface area contributed by atoms with E-state index in [1.807, 2.05) is 12.1 Å². The van der Waals surface area contributed by atoms with Crippen LogP contribution in [0.5, 0.6) is 0 Å². The van der Waals surface area contributed by atoms with E-state index >= 15 is 0 Å². The minimum absolute atomic E-state index is 0.670. The number of unbranched alkanes of at least 4 members (excludes halogenated alkanes) is 3. The van der Waals surface area contributed by atoms with E-state index in [0.29, 0.717) is 5.02 Å². The number of aromatic nitrogens is 1. The highest BCUT2D eigenvalue weighted by Gasteiger charge is 1.93. The van der Waals surface area contributed by atoms with Crippen LogP contribution in [0, 0.1) is 0 Å². The number of halogens is 1. The molecule has 0 bridgehead atoms. The molecule has 1 rings (SSSR count). The first kappa shape index (κ1) is 12.3. The van der Waals surface area contributed by atoms with Gasteiger partial charge in [0.25, 0.3) is 0 Å². The summed E-state index contributed by atoms with van der Waals surface area (Å²) in [5.41, 5.74) is 5.41. The topological polar surface area (TPSA) is 50.9 Å². The number of nitrogens with two attached hydrogens (primary N) is 1. The van der Waals surface area contributed by atoms with Gasteiger partial charge in [0.1, 0.15) is 5.82 Å². The van der Waals surface area contributed by atoms with E-state index < -0.39 is 0 Å². The maximum Gasteiger partial charge on any atom is 0.125 e. The highest BCUT2D eigenvalue weighted by Crippen LogP contribution is 2.09. The predicted octanol–water partition coefficient (Wildman–Crippen LogP) is 2.67. The average Bonchev–Trinajstić information content (AvgIpc) is 2.26. The number of hydrogen-bond acceptors (Lipinski definition) is 3. The van der Waals surface area contributed by atoms with E-state index in [1.54, 1.807) is 6.20 Å². The number of anilines is 1. The Morgan fingerprint density at radius 2 is 2.00 bits per heavy atom. The van der Waals surface area contributed by atoms with Crippen molar-refractivity contribution in [2.45, 2.75) is 25.7 Å². The van der Waals surface area contributed by atoms with Crippen LogP contribution < -0.4 is 11.1 Å². The second-order valence-electron chi connectivity index (χ2n) is 3.49. The van der Waals surface area contributed by atoms with Gasteiger partial charge in [0, 0.05) is 12.7 Å². The Morgan fingerprint density at radius 1 is 1.20 bits per heavy atom. The standard InChI is InChI=1S/C11H18ClN3/c12-10-5-6-11(15-9-10)14-8-4-2-1-3-7-13/h5-6,9H,1-4,7-8,13H2,(H,14,15). The molecule has 0 aliphatic heterocycles. The summed E-state index contributed by atoms with van der Waals surface area (Å²) in [6.07, 6.45) is 6.37. The molecule has 3 nitrogen and oxygen atoms in total. The molecule has 1 heterocycles. The van der Waals surface area contributed by atoms with Crippen LogP contribution >= 0.6 is 11.6 Å². The van der Waals surface area contributed by atoms with Crippen LogP contribution in [0.1, 0.15) is 25.7 Å². The van der Waals surface area contributed by atoms with Crippen LogP contribution in [0.3, 0.4) is 0 Å². The van der Waals surface area contributed by atoms with Crippen LogP contribution in [0.4, 0.5) is 5.82 Å². The smallest absolute Gasteiger partial charge is 0.125 e. The fourth-order valence-electron chi connectivity index (χ4n) is 1.32. The average molecular weight is 228 g/mol. The molecule has 0 unspecified atom stereocenters. The third-order valence-electron chi connectivity index (χ3n) is 2.16. The molecule has 15 heavy (non-hydrogen) atoms.